The summed E-state index contributed by atoms with van der Waals surface area (Å²) in [6, 6.07) is 8.03. The lowest BCUT2D eigenvalue weighted by Gasteiger charge is -2.27. The number of carbonyl (C=O) groups excluding carboxylic acids is 1. The molecule has 1 amide bonds. The molecule has 5 rings (SSSR count). The van der Waals surface area contributed by atoms with Crippen molar-refractivity contribution in [1.29, 1.82) is 0 Å². The first-order valence-corrected chi connectivity index (χ1v) is 8.81. The number of pyridine rings is 2. The van der Waals surface area contributed by atoms with E-state index in [2.05, 4.69) is 20.9 Å². The average molecular weight is 349 g/mol. The number of anilines is 1. The fourth-order valence-corrected chi connectivity index (χ4v) is 3.67. The predicted molar refractivity (Wildman–Crippen MR) is 96.0 cm³/mol. The monoisotopic (exact) mass is 349 g/mol. The Labute approximate surface area is 150 Å². The van der Waals surface area contributed by atoms with Crippen molar-refractivity contribution in [2.24, 2.45) is 0 Å². The van der Waals surface area contributed by atoms with Crippen LogP contribution in [0.5, 0.6) is 0 Å². The quantitative estimate of drug-likeness (QED) is 0.720. The van der Waals surface area contributed by atoms with Gasteiger partial charge in [-0.2, -0.15) is 0 Å². The third-order valence-electron chi connectivity index (χ3n) is 5.02. The number of rotatable bonds is 3. The Hall–Kier alpha value is -2.93. The molecule has 132 valence electrons. The SMILES string of the molecule is O=C1c2c(ccc3nccn23)CN1Cc1ccc(N2CCOCC2)nc1. The molecule has 5 heterocycles. The van der Waals surface area contributed by atoms with Gasteiger partial charge in [-0.05, 0) is 17.7 Å². The summed E-state index contributed by atoms with van der Waals surface area (Å²) in [6.45, 7) is 4.40. The zero-order valence-electron chi connectivity index (χ0n) is 14.3. The van der Waals surface area contributed by atoms with Gasteiger partial charge in [0.2, 0.25) is 0 Å². The number of ether oxygens (including phenoxy) is 1. The number of carbonyl (C=O) groups is 1. The summed E-state index contributed by atoms with van der Waals surface area (Å²) in [5.41, 5.74) is 3.59. The molecule has 1 fully saturated rings. The lowest BCUT2D eigenvalue weighted by Crippen LogP contribution is -2.36. The molecule has 3 aromatic rings. The minimum absolute atomic E-state index is 0.0425. The van der Waals surface area contributed by atoms with Crippen LogP contribution < -0.4 is 4.90 Å². The summed E-state index contributed by atoms with van der Waals surface area (Å²) in [5.74, 6) is 1.01. The van der Waals surface area contributed by atoms with Crippen molar-refractivity contribution in [1.82, 2.24) is 19.3 Å². The van der Waals surface area contributed by atoms with Crippen LogP contribution in [0, 0.1) is 0 Å². The minimum atomic E-state index is 0.0425. The first kappa shape index (κ1) is 15.3. The van der Waals surface area contributed by atoms with E-state index in [0.717, 1.165) is 54.6 Å². The molecule has 26 heavy (non-hydrogen) atoms. The molecule has 0 spiro atoms. The van der Waals surface area contributed by atoms with Crippen molar-refractivity contribution >= 4 is 17.4 Å². The Kier molecular flexibility index (Phi) is 3.60. The number of nitrogens with zero attached hydrogens (tertiary/aromatic N) is 5. The molecular weight excluding hydrogens is 330 g/mol. The van der Waals surface area contributed by atoms with E-state index in [0.29, 0.717) is 13.1 Å². The van der Waals surface area contributed by atoms with Gasteiger partial charge < -0.3 is 14.5 Å². The highest BCUT2D eigenvalue weighted by atomic mass is 16.5. The van der Waals surface area contributed by atoms with E-state index < -0.39 is 0 Å². The number of amides is 1. The second-order valence-corrected chi connectivity index (χ2v) is 6.65. The number of hydrogen-bond donors (Lipinski definition) is 0. The molecule has 0 saturated carbocycles. The van der Waals surface area contributed by atoms with Gasteiger partial charge in [-0.3, -0.25) is 9.20 Å². The van der Waals surface area contributed by atoms with Crippen LogP contribution in [-0.4, -0.2) is 51.5 Å². The molecule has 0 aliphatic carbocycles. The van der Waals surface area contributed by atoms with Gasteiger partial charge in [-0.25, -0.2) is 9.97 Å². The first-order chi connectivity index (χ1) is 12.8. The first-order valence-electron chi connectivity index (χ1n) is 8.81. The maximum Gasteiger partial charge on any atom is 0.271 e. The van der Waals surface area contributed by atoms with Crippen LogP contribution in [0.3, 0.4) is 0 Å². The lowest BCUT2D eigenvalue weighted by molar-refractivity contribution is 0.0761. The molecule has 2 aliphatic heterocycles. The summed E-state index contributed by atoms with van der Waals surface area (Å²) in [4.78, 5) is 25.8. The van der Waals surface area contributed by atoms with Crippen molar-refractivity contribution in [3.05, 3.63) is 59.7 Å². The molecule has 7 nitrogen and oxygen atoms in total. The van der Waals surface area contributed by atoms with Crippen LogP contribution in [-0.2, 0) is 17.8 Å². The van der Waals surface area contributed by atoms with Gasteiger partial charge >= 0.3 is 0 Å². The molecular formula is C19H19N5O2. The Bertz CT molecular complexity index is 960. The normalized spacial score (nSPS) is 17.2. The fourth-order valence-electron chi connectivity index (χ4n) is 3.67. The van der Waals surface area contributed by atoms with E-state index in [1.54, 1.807) is 6.20 Å². The van der Waals surface area contributed by atoms with E-state index in [4.69, 9.17) is 4.74 Å². The standard InChI is InChI=1S/C19H19N5O2/c25-19-18-15(2-4-17-20-5-6-24(17)18)13-23(19)12-14-1-3-16(21-11-14)22-7-9-26-10-8-22/h1-6,11H,7-10,12-13H2. The van der Waals surface area contributed by atoms with E-state index in [-0.39, 0.29) is 5.91 Å². The van der Waals surface area contributed by atoms with E-state index in [1.165, 1.54) is 0 Å². The molecule has 0 atom stereocenters. The third-order valence-corrected chi connectivity index (χ3v) is 5.02. The number of imidazole rings is 1. The average Bonchev–Trinajstić information content (AvgIpc) is 3.28. The number of aromatic nitrogens is 3. The van der Waals surface area contributed by atoms with E-state index in [9.17, 15) is 4.79 Å². The predicted octanol–water partition coefficient (Wildman–Crippen LogP) is 1.72. The zero-order valence-corrected chi connectivity index (χ0v) is 14.3. The highest BCUT2D eigenvalue weighted by Gasteiger charge is 2.30. The van der Waals surface area contributed by atoms with E-state index >= 15 is 0 Å². The van der Waals surface area contributed by atoms with Gasteiger partial charge in [-0.1, -0.05) is 12.1 Å². The molecule has 0 unspecified atom stereocenters. The van der Waals surface area contributed by atoms with E-state index in [1.807, 2.05) is 39.9 Å². The van der Waals surface area contributed by atoms with Crippen LogP contribution >= 0.6 is 0 Å². The van der Waals surface area contributed by atoms with Crippen molar-refractivity contribution in [2.75, 3.05) is 31.2 Å². The molecule has 0 bridgehead atoms. The van der Waals surface area contributed by atoms with Crippen LogP contribution in [0.1, 0.15) is 21.6 Å². The number of hydrogen-bond acceptors (Lipinski definition) is 5. The third kappa shape index (κ3) is 2.52. The van der Waals surface area contributed by atoms with Gasteiger partial charge in [0.05, 0.1) is 13.2 Å². The summed E-state index contributed by atoms with van der Waals surface area (Å²) in [5, 5.41) is 0. The summed E-state index contributed by atoms with van der Waals surface area (Å²) >= 11 is 0. The molecule has 7 heteroatoms. The molecule has 2 aliphatic rings. The summed E-state index contributed by atoms with van der Waals surface area (Å²) in [7, 11) is 0. The van der Waals surface area contributed by atoms with Crippen LogP contribution in [0.25, 0.3) is 5.65 Å². The van der Waals surface area contributed by atoms with Crippen LogP contribution in [0.15, 0.2) is 42.9 Å². The fraction of sp³-hybridized carbons (Fsp3) is 0.316. The van der Waals surface area contributed by atoms with Crippen molar-refractivity contribution < 1.29 is 9.53 Å². The topological polar surface area (TPSA) is 63.0 Å². The zero-order chi connectivity index (χ0) is 17.5. The minimum Gasteiger partial charge on any atom is -0.378 e. The molecule has 1 saturated heterocycles. The maximum atomic E-state index is 12.9. The van der Waals surface area contributed by atoms with Gasteiger partial charge in [-0.15, -0.1) is 0 Å². The maximum absolute atomic E-state index is 12.9. The Morgan fingerprint density at radius 2 is 1.96 bits per heavy atom. The van der Waals surface area contributed by atoms with Gasteiger partial charge in [0.25, 0.3) is 5.91 Å². The lowest BCUT2D eigenvalue weighted by atomic mass is 10.2. The number of fused-ring (bicyclic) bond motifs is 3. The Balaban J connectivity index is 1.34. The van der Waals surface area contributed by atoms with Gasteiger partial charge in [0.15, 0.2) is 0 Å². The molecule has 3 aromatic heterocycles. The molecule has 0 aromatic carbocycles. The van der Waals surface area contributed by atoms with Crippen molar-refractivity contribution in [2.45, 2.75) is 13.1 Å². The van der Waals surface area contributed by atoms with Crippen molar-refractivity contribution in [3.63, 3.8) is 0 Å². The molecule has 0 radical (unpaired) electrons. The van der Waals surface area contributed by atoms with Crippen molar-refractivity contribution in [3.8, 4) is 0 Å². The number of morpholine rings is 1. The van der Waals surface area contributed by atoms with Gasteiger partial charge in [0.1, 0.15) is 17.2 Å². The second kappa shape index (κ2) is 6.10. The van der Waals surface area contributed by atoms with Gasteiger partial charge in [0, 0.05) is 50.3 Å². The summed E-state index contributed by atoms with van der Waals surface area (Å²) in [6.07, 6.45) is 5.43. The largest absolute Gasteiger partial charge is 0.378 e. The summed E-state index contributed by atoms with van der Waals surface area (Å²) < 4.78 is 7.25. The second-order valence-electron chi connectivity index (χ2n) is 6.65. The highest BCUT2D eigenvalue weighted by molar-refractivity contribution is 5.97. The highest BCUT2D eigenvalue weighted by Crippen LogP contribution is 2.25. The van der Waals surface area contributed by atoms with Crippen LogP contribution in [0.2, 0.25) is 0 Å². The Morgan fingerprint density at radius 1 is 1.08 bits per heavy atom. The Morgan fingerprint density at radius 3 is 2.77 bits per heavy atom. The smallest absolute Gasteiger partial charge is 0.271 e. The van der Waals surface area contributed by atoms with Crippen LogP contribution in [0.4, 0.5) is 5.82 Å². The molecule has 0 N–H and O–H groups in total.